The molecule has 0 aliphatic carbocycles. The van der Waals surface area contributed by atoms with Crippen LogP contribution < -0.4 is 4.90 Å². The van der Waals surface area contributed by atoms with E-state index in [4.69, 9.17) is 5.39 Å². The molecule has 0 aromatic heterocycles. The molecule has 0 atom stereocenters. The van der Waals surface area contributed by atoms with Crippen molar-refractivity contribution in [1.29, 1.82) is 5.39 Å². The fourth-order valence-corrected chi connectivity index (χ4v) is 0.927. The minimum atomic E-state index is -11.2. The van der Waals surface area contributed by atoms with Gasteiger partial charge in [0, 0.05) is 20.2 Å². The van der Waals surface area contributed by atoms with Crippen LogP contribution in [0.15, 0.2) is 24.3 Å². The van der Waals surface area contributed by atoms with E-state index in [-0.39, 0.29) is 0 Å². The second-order valence-electron chi connectivity index (χ2n) is 3.44. The number of hydrogen-bond acceptors (Lipinski definition) is 2. The van der Waals surface area contributed by atoms with Crippen LogP contribution in [0, 0.1) is 5.39 Å². The molecule has 3 nitrogen and oxygen atoms in total. The Labute approximate surface area is 102 Å². The molecule has 0 saturated heterocycles. The number of para-hydroxylation sites is 1. The Morgan fingerprint density at radius 2 is 1.39 bits per heavy atom. The average Bonchev–Trinajstić information content (AvgIpc) is 2.12. The summed E-state index contributed by atoms with van der Waals surface area (Å²) >= 11 is -11.2. The van der Waals surface area contributed by atoms with Crippen molar-refractivity contribution in [2.75, 3.05) is 19.0 Å². The van der Waals surface area contributed by atoms with Crippen molar-refractivity contribution in [3.8, 4) is 0 Å². The van der Waals surface area contributed by atoms with Gasteiger partial charge in [-0.3, -0.25) is 0 Å². The van der Waals surface area contributed by atoms with E-state index in [0.29, 0.717) is 5.69 Å². The number of benzene rings is 1. The summed E-state index contributed by atoms with van der Waals surface area (Å²) < 4.78 is 59.6. The summed E-state index contributed by atoms with van der Waals surface area (Å²) in [5.41, 5.74) is 1.51. The van der Waals surface area contributed by atoms with E-state index in [1.54, 1.807) is 6.07 Å². The quantitative estimate of drug-likeness (QED) is 0.409. The first-order valence-corrected chi connectivity index (χ1v) is 10.2. The van der Waals surface area contributed by atoms with Crippen LogP contribution in [0.3, 0.4) is 0 Å². The standard InChI is InChI=1S/C8H10N3.6FH.Sb/c1-11(2)8-6-4-3-5-7(8)10-9;;;;;;;/h3-6H,1-2H3;6*1H;/q+1;;;;;;;+5/p-6. The van der Waals surface area contributed by atoms with Gasteiger partial charge in [-0.15, -0.1) is 0 Å². The summed E-state index contributed by atoms with van der Waals surface area (Å²) in [7, 11) is 3.81. The molecule has 0 fully saturated rings. The van der Waals surface area contributed by atoms with Gasteiger partial charge >= 0.3 is 42.0 Å². The third-order valence-corrected chi connectivity index (χ3v) is 1.47. The van der Waals surface area contributed by atoms with E-state index in [0.717, 1.165) is 5.69 Å². The van der Waals surface area contributed by atoms with Crippen molar-refractivity contribution in [3.63, 3.8) is 0 Å². The summed E-state index contributed by atoms with van der Waals surface area (Å²) in [4.78, 5) is 5.05. The molecular formula is C8H10F6N3Sb. The second-order valence-corrected chi connectivity index (χ2v) is 8.91. The predicted octanol–water partition coefficient (Wildman–Crippen LogP) is 4.38. The zero-order valence-corrected chi connectivity index (χ0v) is 11.9. The van der Waals surface area contributed by atoms with Crippen molar-refractivity contribution in [3.05, 3.63) is 29.2 Å². The van der Waals surface area contributed by atoms with Crippen molar-refractivity contribution in [2.24, 2.45) is 0 Å². The van der Waals surface area contributed by atoms with Gasteiger partial charge in [0.1, 0.15) is 5.69 Å². The molecule has 0 radical (unpaired) electrons. The fourth-order valence-electron chi connectivity index (χ4n) is 0.927. The molecule has 0 heterocycles. The van der Waals surface area contributed by atoms with Gasteiger partial charge in [0.2, 0.25) is 5.39 Å². The van der Waals surface area contributed by atoms with Gasteiger partial charge in [-0.25, -0.2) is 0 Å². The van der Waals surface area contributed by atoms with E-state index in [1.165, 1.54) is 0 Å². The van der Waals surface area contributed by atoms with Gasteiger partial charge in [-0.05, 0) is 6.07 Å². The van der Waals surface area contributed by atoms with Gasteiger partial charge in [-0.2, -0.15) is 0 Å². The zero-order chi connectivity index (χ0) is 14.7. The summed E-state index contributed by atoms with van der Waals surface area (Å²) in [6.45, 7) is 0. The Morgan fingerprint density at radius 3 is 1.67 bits per heavy atom. The summed E-state index contributed by atoms with van der Waals surface area (Å²) in [5.74, 6) is 0. The topological polar surface area (TPSA) is 31.4 Å². The maximum atomic E-state index is 9.93. The molecule has 0 bridgehead atoms. The van der Waals surface area contributed by atoms with Crippen LogP contribution >= 0.6 is 0 Å². The molecule has 1 aromatic rings. The number of diazo groups is 1. The summed E-state index contributed by atoms with van der Waals surface area (Å²) in [6, 6.07) is 7.40. The summed E-state index contributed by atoms with van der Waals surface area (Å²) in [5, 5.41) is 8.57. The van der Waals surface area contributed by atoms with Crippen molar-refractivity contribution in [1.82, 2.24) is 0 Å². The van der Waals surface area contributed by atoms with Gasteiger partial charge in [-0.1, -0.05) is 12.1 Å². The number of anilines is 1. The molecule has 0 saturated carbocycles. The van der Waals surface area contributed by atoms with Crippen molar-refractivity contribution < 1.29 is 16.9 Å². The third kappa shape index (κ3) is 11.3. The molecule has 1 rings (SSSR count). The fraction of sp³-hybridized carbons (Fsp3) is 0.250. The van der Waals surface area contributed by atoms with Gasteiger partial charge in [0.25, 0.3) is 0 Å². The normalized spacial score (nSPS) is 14.4. The molecule has 0 aliphatic rings. The number of nitrogens with zero attached hydrogens (tertiary/aromatic N) is 3. The van der Waals surface area contributed by atoms with E-state index in [2.05, 4.69) is 4.98 Å². The Kier molecular flexibility index (Phi) is 4.21. The first kappa shape index (κ1) is 16.8. The Bertz CT molecular complexity index is 449. The number of hydrogen-bond donors (Lipinski definition) is 0. The van der Waals surface area contributed by atoms with E-state index in [1.807, 2.05) is 37.2 Å². The van der Waals surface area contributed by atoms with E-state index < -0.39 is 19.5 Å². The van der Waals surface area contributed by atoms with Gasteiger partial charge in [0.05, 0.1) is 0 Å². The molecular weight excluding hydrogens is 374 g/mol. The molecule has 0 unspecified atom stereocenters. The van der Waals surface area contributed by atoms with Crippen molar-refractivity contribution >= 4 is 30.8 Å². The van der Waals surface area contributed by atoms with Crippen LogP contribution in [0.2, 0.25) is 0 Å². The Balaban J connectivity index is 0.000000360. The zero-order valence-electron chi connectivity index (χ0n) is 9.37. The first-order valence-electron chi connectivity index (χ1n) is 4.38. The molecule has 104 valence electrons. The Hall–Kier alpha value is -1.16. The predicted molar refractivity (Wildman–Crippen MR) is 57.9 cm³/mol. The van der Waals surface area contributed by atoms with Gasteiger partial charge in [0.15, 0.2) is 4.98 Å². The van der Waals surface area contributed by atoms with Gasteiger partial charge < -0.3 is 4.90 Å². The third-order valence-electron chi connectivity index (χ3n) is 1.47. The molecule has 0 amide bonds. The first-order chi connectivity index (χ1) is 7.70. The monoisotopic (exact) mass is 383 g/mol. The van der Waals surface area contributed by atoms with Crippen LogP contribution in [0.4, 0.5) is 28.3 Å². The average molecular weight is 384 g/mol. The van der Waals surface area contributed by atoms with Crippen LogP contribution in [0.25, 0.3) is 4.98 Å². The number of halogens is 6. The number of rotatable bonds is 1. The second kappa shape index (κ2) is 4.50. The SMILES string of the molecule is CN(C)c1ccccc1[N+]#N.[F][Sb-]([F])([F])([F])([F])[F]. The van der Waals surface area contributed by atoms with E-state index in [9.17, 15) is 16.9 Å². The molecule has 1 aromatic carbocycles. The van der Waals surface area contributed by atoms with Crippen LogP contribution in [-0.2, 0) is 0 Å². The Morgan fingerprint density at radius 1 is 1.00 bits per heavy atom. The molecule has 0 N–H and O–H groups in total. The summed E-state index contributed by atoms with van der Waals surface area (Å²) in [6.07, 6.45) is 0. The van der Waals surface area contributed by atoms with Crippen LogP contribution in [0.1, 0.15) is 0 Å². The van der Waals surface area contributed by atoms with Crippen molar-refractivity contribution in [2.45, 2.75) is 0 Å². The van der Waals surface area contributed by atoms with Crippen LogP contribution in [0.5, 0.6) is 0 Å². The molecule has 10 heteroatoms. The molecule has 18 heavy (non-hydrogen) atoms. The maximum absolute atomic E-state index is 11.2. The molecule has 0 aliphatic heterocycles. The van der Waals surface area contributed by atoms with E-state index >= 15 is 0 Å². The molecule has 0 spiro atoms. The van der Waals surface area contributed by atoms with Crippen LogP contribution in [-0.4, -0.2) is 33.6 Å². The minimum absolute atomic E-state index is 0.595.